The summed E-state index contributed by atoms with van der Waals surface area (Å²) in [7, 11) is 0. The Balaban J connectivity index is 1.49. The molecule has 1 fully saturated rings. The number of hydrogen-bond acceptors (Lipinski definition) is 11. The first-order valence-electron chi connectivity index (χ1n) is 14.0. The molecule has 0 radical (unpaired) electrons. The first-order valence-corrected chi connectivity index (χ1v) is 14.8. The Kier molecular flexibility index (Phi) is 10.3. The second-order valence-corrected chi connectivity index (χ2v) is 12.9. The summed E-state index contributed by atoms with van der Waals surface area (Å²) in [6.07, 6.45) is 0.381. The highest BCUT2D eigenvalue weighted by Crippen LogP contribution is 2.31. The zero-order valence-electron chi connectivity index (χ0n) is 25.5. The third kappa shape index (κ3) is 9.48. The van der Waals surface area contributed by atoms with Gasteiger partial charge in [-0.05, 0) is 75.9 Å². The number of rotatable bonds is 6. The van der Waals surface area contributed by atoms with Crippen LogP contribution in [0, 0.1) is 0 Å². The molecule has 0 aliphatic carbocycles. The molecule has 13 nitrogen and oxygen atoms in total. The normalized spacial score (nSPS) is 14.1. The summed E-state index contributed by atoms with van der Waals surface area (Å²) in [4.78, 5) is 47.5. The van der Waals surface area contributed by atoms with Crippen molar-refractivity contribution in [2.24, 2.45) is 0 Å². The van der Waals surface area contributed by atoms with Crippen molar-refractivity contribution in [3.8, 4) is 28.6 Å². The van der Waals surface area contributed by atoms with Crippen molar-refractivity contribution >= 4 is 34.2 Å². The van der Waals surface area contributed by atoms with Crippen molar-refractivity contribution in [2.45, 2.75) is 78.2 Å². The summed E-state index contributed by atoms with van der Waals surface area (Å²) < 4.78 is 27.4. The Hall–Kier alpha value is -4.04. The second kappa shape index (κ2) is 13.7. The van der Waals surface area contributed by atoms with Crippen molar-refractivity contribution in [1.82, 2.24) is 25.3 Å². The number of aromatic nitrogens is 3. The minimum atomic E-state index is -1.10. The van der Waals surface area contributed by atoms with Gasteiger partial charge in [0.1, 0.15) is 21.5 Å². The minimum Gasteiger partial charge on any atom is -0.444 e. The molecular weight excluding hydrogens is 638 g/mol. The predicted molar refractivity (Wildman–Crippen MR) is 162 cm³/mol. The number of carbonyl (C=O) groups is 3. The molecular formula is C30H36BrN5O8. The molecule has 2 aromatic heterocycles. The summed E-state index contributed by atoms with van der Waals surface area (Å²) in [6.45, 7) is 12.1. The van der Waals surface area contributed by atoms with Gasteiger partial charge in [0.15, 0.2) is 11.5 Å². The van der Waals surface area contributed by atoms with Gasteiger partial charge in [0.25, 0.3) is 5.88 Å². The molecule has 0 bridgehead atoms. The van der Waals surface area contributed by atoms with Crippen LogP contribution in [-0.2, 0) is 20.8 Å². The van der Waals surface area contributed by atoms with Gasteiger partial charge >= 0.3 is 18.3 Å². The van der Waals surface area contributed by atoms with E-state index in [4.69, 9.17) is 23.5 Å². The van der Waals surface area contributed by atoms with E-state index in [0.29, 0.717) is 30.1 Å². The molecule has 1 N–H and O–H groups in total. The second-order valence-electron chi connectivity index (χ2n) is 12.1. The van der Waals surface area contributed by atoms with E-state index >= 15 is 0 Å². The van der Waals surface area contributed by atoms with Gasteiger partial charge < -0.3 is 28.4 Å². The van der Waals surface area contributed by atoms with Crippen molar-refractivity contribution < 1.29 is 37.9 Å². The van der Waals surface area contributed by atoms with Crippen LogP contribution in [0.5, 0.6) is 5.88 Å². The number of benzene rings is 1. The van der Waals surface area contributed by atoms with Gasteiger partial charge in [-0.25, -0.2) is 29.7 Å². The molecule has 0 atom stereocenters. The average Bonchev–Trinajstić information content (AvgIpc) is 3.41. The SMILES string of the molecule is CC(C)(C)OC(=O)NC(=O)Oc1ncc(Br)nc1-c1cc(-c2ccc(CN(C(=O)OC(C)(C)C)C3CCOCC3)cc2)no1. The first-order chi connectivity index (χ1) is 20.7. The van der Waals surface area contributed by atoms with Crippen molar-refractivity contribution in [3.05, 3.63) is 46.7 Å². The number of nitrogens with one attached hydrogen (secondary N) is 1. The lowest BCUT2D eigenvalue weighted by molar-refractivity contribution is -0.00811. The summed E-state index contributed by atoms with van der Waals surface area (Å²) in [6, 6.07) is 9.20. The van der Waals surface area contributed by atoms with E-state index in [1.807, 2.05) is 50.4 Å². The number of alkyl carbamates (subject to hydrolysis) is 1. The molecule has 1 aliphatic heterocycles. The molecule has 3 aromatic rings. The maximum Gasteiger partial charge on any atom is 0.423 e. The summed E-state index contributed by atoms with van der Waals surface area (Å²) in [5.41, 5.74) is 0.819. The smallest absolute Gasteiger partial charge is 0.423 e. The number of imide groups is 1. The van der Waals surface area contributed by atoms with Crippen molar-refractivity contribution in [2.75, 3.05) is 13.2 Å². The molecule has 0 spiro atoms. The van der Waals surface area contributed by atoms with Gasteiger partial charge in [-0.3, -0.25) is 0 Å². The van der Waals surface area contributed by atoms with E-state index in [1.54, 1.807) is 31.7 Å². The monoisotopic (exact) mass is 673 g/mol. The number of nitrogens with zero attached hydrogens (tertiary/aromatic N) is 4. The Morgan fingerprint density at radius 1 is 1.00 bits per heavy atom. The van der Waals surface area contributed by atoms with Gasteiger partial charge in [-0.15, -0.1) is 0 Å². The van der Waals surface area contributed by atoms with E-state index in [0.717, 1.165) is 24.0 Å². The third-order valence-electron chi connectivity index (χ3n) is 6.11. The Labute approximate surface area is 263 Å². The molecule has 14 heteroatoms. The lowest BCUT2D eigenvalue weighted by Gasteiger charge is -2.35. The molecule has 3 heterocycles. The fourth-order valence-electron chi connectivity index (χ4n) is 4.25. The zero-order chi connectivity index (χ0) is 32.1. The molecule has 3 amide bonds. The molecule has 0 unspecified atom stereocenters. The van der Waals surface area contributed by atoms with Crippen LogP contribution in [0.15, 0.2) is 45.7 Å². The molecule has 1 aliphatic rings. The fraction of sp³-hybridized carbons (Fsp3) is 0.467. The van der Waals surface area contributed by atoms with Crippen LogP contribution in [0.3, 0.4) is 0 Å². The van der Waals surface area contributed by atoms with Crippen LogP contribution in [-0.4, -0.2) is 68.8 Å². The fourth-order valence-corrected chi connectivity index (χ4v) is 4.53. The van der Waals surface area contributed by atoms with Crippen LogP contribution < -0.4 is 10.1 Å². The van der Waals surface area contributed by atoms with Crippen LogP contribution >= 0.6 is 15.9 Å². The zero-order valence-corrected chi connectivity index (χ0v) is 27.1. The van der Waals surface area contributed by atoms with Gasteiger partial charge in [0.2, 0.25) is 0 Å². The van der Waals surface area contributed by atoms with E-state index in [-0.39, 0.29) is 29.5 Å². The largest absolute Gasteiger partial charge is 0.444 e. The first kappa shape index (κ1) is 32.9. The van der Waals surface area contributed by atoms with Crippen molar-refractivity contribution in [3.63, 3.8) is 0 Å². The number of carbonyl (C=O) groups excluding carboxylic acids is 3. The maximum absolute atomic E-state index is 13.1. The third-order valence-corrected chi connectivity index (χ3v) is 6.49. The van der Waals surface area contributed by atoms with Gasteiger partial charge in [-0.1, -0.05) is 29.4 Å². The predicted octanol–water partition coefficient (Wildman–Crippen LogP) is 6.50. The Bertz CT molecular complexity index is 1470. The van der Waals surface area contributed by atoms with Crippen LogP contribution in [0.25, 0.3) is 22.7 Å². The van der Waals surface area contributed by atoms with Gasteiger partial charge in [0.05, 0.1) is 6.20 Å². The summed E-state index contributed by atoms with van der Waals surface area (Å²) >= 11 is 3.26. The highest BCUT2D eigenvalue weighted by molar-refractivity contribution is 9.10. The van der Waals surface area contributed by atoms with E-state index in [2.05, 4.69) is 31.1 Å². The van der Waals surface area contributed by atoms with E-state index in [9.17, 15) is 14.4 Å². The molecule has 0 saturated carbocycles. The quantitative estimate of drug-likeness (QED) is 0.305. The topological polar surface area (TPSA) is 155 Å². The minimum absolute atomic E-state index is 0.0188. The van der Waals surface area contributed by atoms with Gasteiger partial charge in [-0.2, -0.15) is 0 Å². The molecule has 1 aromatic carbocycles. The summed E-state index contributed by atoms with van der Waals surface area (Å²) in [5, 5.41) is 6.13. The highest BCUT2D eigenvalue weighted by Gasteiger charge is 2.30. The highest BCUT2D eigenvalue weighted by atomic mass is 79.9. The average molecular weight is 675 g/mol. The Morgan fingerprint density at radius 3 is 2.30 bits per heavy atom. The number of hydrogen-bond donors (Lipinski definition) is 1. The molecule has 1 saturated heterocycles. The molecule has 44 heavy (non-hydrogen) atoms. The lowest BCUT2D eigenvalue weighted by Crippen LogP contribution is -2.45. The van der Waals surface area contributed by atoms with Crippen LogP contribution in [0.1, 0.15) is 59.9 Å². The number of ether oxygens (including phenoxy) is 4. The van der Waals surface area contributed by atoms with E-state index < -0.39 is 23.4 Å². The molecule has 236 valence electrons. The van der Waals surface area contributed by atoms with Crippen molar-refractivity contribution in [1.29, 1.82) is 0 Å². The number of amides is 3. The number of halogens is 1. The van der Waals surface area contributed by atoms with Crippen LogP contribution in [0.4, 0.5) is 14.4 Å². The van der Waals surface area contributed by atoms with Crippen LogP contribution in [0.2, 0.25) is 0 Å². The maximum atomic E-state index is 13.1. The lowest BCUT2D eigenvalue weighted by atomic mass is 10.0. The summed E-state index contributed by atoms with van der Waals surface area (Å²) in [5.74, 6) is -0.0313. The van der Waals surface area contributed by atoms with Gasteiger partial charge in [0, 0.05) is 37.4 Å². The van der Waals surface area contributed by atoms with E-state index in [1.165, 1.54) is 6.20 Å². The molecule has 4 rings (SSSR count). The standard InChI is InChI=1S/C30H36BrN5O8/c1-29(2,3)42-27(38)34-26(37)41-25-24(33-23(31)16-32-25)22-15-21(35-44-22)19-9-7-18(8-10-19)17-36(20-11-13-40-14-12-20)28(39)43-30(4,5)6/h7-10,15-16,20H,11-14,17H2,1-6H3,(H,34,37,38). The Morgan fingerprint density at radius 2 is 1.66 bits per heavy atom.